The summed E-state index contributed by atoms with van der Waals surface area (Å²) in [7, 11) is 0. The molecule has 1 N–H and O–H groups in total. The molecule has 2 atom stereocenters. The molecule has 28 heavy (non-hydrogen) atoms. The zero-order valence-electron chi connectivity index (χ0n) is 15.7. The number of carbonyl (C=O) groups excluding carboxylic acids is 2. The lowest BCUT2D eigenvalue weighted by molar-refractivity contribution is -0.389. The third kappa shape index (κ3) is 3.51. The topological polar surface area (TPSA) is 115 Å². The number of para-hydroxylation sites is 1. The number of pyridine rings is 1. The maximum Gasteiger partial charge on any atom is 0.366 e. The van der Waals surface area contributed by atoms with Crippen LogP contribution in [-0.4, -0.2) is 33.9 Å². The van der Waals surface area contributed by atoms with Gasteiger partial charge in [-0.05, 0) is 47.9 Å². The minimum atomic E-state index is -0.946. The van der Waals surface area contributed by atoms with E-state index in [2.05, 4.69) is 10.3 Å². The lowest BCUT2D eigenvalue weighted by atomic mass is 10.1. The molecule has 1 aromatic heterocycles. The Morgan fingerprint density at radius 1 is 1.36 bits per heavy atom. The second-order valence-electron chi connectivity index (χ2n) is 6.45. The highest BCUT2D eigenvalue weighted by Gasteiger charge is 2.42. The van der Waals surface area contributed by atoms with Crippen LogP contribution in [0.15, 0.2) is 36.4 Å². The number of ether oxygens (including phenoxy) is 1. The molecule has 1 aliphatic rings. The van der Waals surface area contributed by atoms with E-state index in [4.69, 9.17) is 4.74 Å². The first-order valence-electron chi connectivity index (χ1n) is 8.85. The second-order valence-corrected chi connectivity index (χ2v) is 6.45. The van der Waals surface area contributed by atoms with Crippen LogP contribution in [0.1, 0.15) is 25.8 Å². The number of benzene rings is 1. The number of nitrogens with one attached hydrogen (secondary N) is 1. The largest absolute Gasteiger partial charge is 0.474 e. The first kappa shape index (κ1) is 19.3. The van der Waals surface area contributed by atoms with Gasteiger partial charge in [0.1, 0.15) is 6.04 Å². The van der Waals surface area contributed by atoms with Gasteiger partial charge in [-0.15, -0.1) is 0 Å². The number of rotatable bonds is 5. The standard InChI is InChI=1S/C19H20N4O5/c1-4-14-19(25)22(17-15(28-14)9-10-16(21-17)23(26)27)12(3)18(24)20-13-8-6-5-7-11(13)2/h5-10,12,14H,4H2,1-3H3,(H,20,24). The highest BCUT2D eigenvalue weighted by Crippen LogP contribution is 2.36. The lowest BCUT2D eigenvalue weighted by Crippen LogP contribution is -2.53. The number of nitrogens with zero attached hydrogens (tertiary/aromatic N) is 3. The molecule has 0 aliphatic carbocycles. The van der Waals surface area contributed by atoms with Crippen LogP contribution in [0.4, 0.5) is 17.3 Å². The molecule has 9 nitrogen and oxygen atoms in total. The number of anilines is 2. The Kier molecular flexibility index (Phi) is 5.25. The van der Waals surface area contributed by atoms with E-state index in [1.54, 1.807) is 26.0 Å². The zero-order chi connectivity index (χ0) is 20.4. The molecule has 1 aromatic carbocycles. The predicted molar refractivity (Wildman–Crippen MR) is 102 cm³/mol. The van der Waals surface area contributed by atoms with Crippen molar-refractivity contribution in [3.63, 3.8) is 0 Å². The van der Waals surface area contributed by atoms with Crippen LogP contribution in [-0.2, 0) is 9.59 Å². The molecule has 2 unspecified atom stereocenters. The van der Waals surface area contributed by atoms with Gasteiger partial charge in [0, 0.05) is 11.8 Å². The van der Waals surface area contributed by atoms with E-state index in [0.29, 0.717) is 12.1 Å². The van der Waals surface area contributed by atoms with Gasteiger partial charge in [0.15, 0.2) is 11.9 Å². The molecule has 0 spiro atoms. The molecule has 0 radical (unpaired) electrons. The summed E-state index contributed by atoms with van der Waals surface area (Å²) in [6.45, 7) is 5.18. The summed E-state index contributed by atoms with van der Waals surface area (Å²) in [5.74, 6) is -1.13. The Hall–Kier alpha value is -3.49. The average molecular weight is 384 g/mol. The normalized spacial score (nSPS) is 16.8. The van der Waals surface area contributed by atoms with E-state index in [-0.39, 0.29) is 11.6 Å². The van der Waals surface area contributed by atoms with E-state index in [0.717, 1.165) is 5.56 Å². The molecule has 9 heteroatoms. The Morgan fingerprint density at radius 2 is 2.07 bits per heavy atom. The third-order valence-electron chi connectivity index (χ3n) is 4.56. The Labute approximate surface area is 161 Å². The van der Waals surface area contributed by atoms with Crippen molar-refractivity contribution < 1.29 is 19.2 Å². The molecule has 0 fully saturated rings. The molecule has 2 amide bonds. The van der Waals surface area contributed by atoms with Crippen molar-refractivity contribution in [1.29, 1.82) is 0 Å². The summed E-state index contributed by atoms with van der Waals surface area (Å²) >= 11 is 0. The number of hydrogen-bond donors (Lipinski definition) is 1. The molecule has 2 aromatic rings. The Morgan fingerprint density at radius 3 is 2.71 bits per heavy atom. The monoisotopic (exact) mass is 384 g/mol. The van der Waals surface area contributed by atoms with Crippen LogP contribution >= 0.6 is 0 Å². The quantitative estimate of drug-likeness (QED) is 0.626. The van der Waals surface area contributed by atoms with Crippen molar-refractivity contribution >= 4 is 29.1 Å². The molecule has 1 aliphatic heterocycles. The van der Waals surface area contributed by atoms with Crippen LogP contribution < -0.4 is 15.0 Å². The van der Waals surface area contributed by atoms with E-state index >= 15 is 0 Å². The van der Waals surface area contributed by atoms with E-state index in [1.807, 2.05) is 19.1 Å². The highest BCUT2D eigenvalue weighted by atomic mass is 16.6. The number of aryl methyl sites for hydroxylation is 1. The van der Waals surface area contributed by atoms with Gasteiger partial charge in [-0.25, -0.2) is 0 Å². The van der Waals surface area contributed by atoms with Crippen LogP contribution in [0.2, 0.25) is 0 Å². The number of hydrogen-bond acceptors (Lipinski definition) is 6. The molecule has 0 saturated carbocycles. The number of aromatic nitrogens is 1. The number of carbonyl (C=O) groups is 2. The van der Waals surface area contributed by atoms with E-state index in [1.165, 1.54) is 17.0 Å². The van der Waals surface area contributed by atoms with Crippen molar-refractivity contribution in [3.8, 4) is 5.75 Å². The zero-order valence-corrected chi connectivity index (χ0v) is 15.7. The van der Waals surface area contributed by atoms with Gasteiger partial charge in [0.2, 0.25) is 5.91 Å². The summed E-state index contributed by atoms with van der Waals surface area (Å²) in [5, 5.41) is 13.9. The minimum Gasteiger partial charge on any atom is -0.474 e. The Balaban J connectivity index is 1.97. The van der Waals surface area contributed by atoms with Gasteiger partial charge in [0.25, 0.3) is 11.7 Å². The van der Waals surface area contributed by atoms with Crippen molar-refractivity contribution in [2.45, 2.75) is 39.3 Å². The SMILES string of the molecule is CCC1Oc2ccc([N+](=O)[O-])nc2N(C(C)C(=O)Nc2ccccc2C)C1=O. The van der Waals surface area contributed by atoms with Crippen molar-refractivity contribution in [2.75, 3.05) is 10.2 Å². The van der Waals surface area contributed by atoms with Crippen molar-refractivity contribution in [3.05, 3.63) is 52.1 Å². The highest BCUT2D eigenvalue weighted by molar-refractivity contribution is 6.07. The molecular formula is C19H20N4O5. The molecular weight excluding hydrogens is 364 g/mol. The van der Waals surface area contributed by atoms with Gasteiger partial charge < -0.3 is 20.2 Å². The molecule has 0 bridgehead atoms. The first-order valence-corrected chi connectivity index (χ1v) is 8.85. The van der Waals surface area contributed by atoms with Crippen molar-refractivity contribution in [2.24, 2.45) is 0 Å². The van der Waals surface area contributed by atoms with Crippen LogP contribution in [0.25, 0.3) is 0 Å². The lowest BCUT2D eigenvalue weighted by Gasteiger charge is -2.33. The summed E-state index contributed by atoms with van der Waals surface area (Å²) in [5.41, 5.74) is 1.50. The Bertz CT molecular complexity index is 946. The van der Waals surface area contributed by atoms with Gasteiger partial charge in [0.05, 0.1) is 0 Å². The number of nitro groups is 1. The van der Waals surface area contributed by atoms with Crippen LogP contribution in [0, 0.1) is 17.0 Å². The van der Waals surface area contributed by atoms with Gasteiger partial charge in [-0.1, -0.05) is 25.1 Å². The maximum atomic E-state index is 12.9. The fraction of sp³-hybridized carbons (Fsp3) is 0.316. The van der Waals surface area contributed by atoms with E-state index in [9.17, 15) is 19.7 Å². The molecule has 146 valence electrons. The van der Waals surface area contributed by atoms with Crippen LogP contribution in [0.3, 0.4) is 0 Å². The summed E-state index contributed by atoms with van der Waals surface area (Å²) in [6.07, 6.45) is -0.401. The van der Waals surface area contributed by atoms with Crippen molar-refractivity contribution in [1.82, 2.24) is 4.98 Å². The van der Waals surface area contributed by atoms with Gasteiger partial charge >= 0.3 is 5.82 Å². The summed E-state index contributed by atoms with van der Waals surface area (Å²) in [6, 6.07) is 8.91. The molecule has 0 saturated heterocycles. The second kappa shape index (κ2) is 7.63. The van der Waals surface area contributed by atoms with Crippen LogP contribution in [0.5, 0.6) is 5.75 Å². The smallest absolute Gasteiger partial charge is 0.366 e. The fourth-order valence-electron chi connectivity index (χ4n) is 2.95. The van der Waals surface area contributed by atoms with Gasteiger partial charge in [-0.2, -0.15) is 0 Å². The molecule has 2 heterocycles. The van der Waals surface area contributed by atoms with Gasteiger partial charge in [-0.3, -0.25) is 14.5 Å². The molecule has 3 rings (SSSR count). The van der Waals surface area contributed by atoms with E-state index < -0.39 is 34.7 Å². The fourth-order valence-corrected chi connectivity index (χ4v) is 2.95. The minimum absolute atomic E-state index is 0.0312. The first-order chi connectivity index (χ1) is 13.3. The number of fused-ring (bicyclic) bond motifs is 1. The summed E-state index contributed by atoms with van der Waals surface area (Å²) in [4.78, 5) is 41.3. The number of amides is 2. The average Bonchev–Trinajstić information content (AvgIpc) is 2.68. The predicted octanol–water partition coefficient (Wildman–Crippen LogP) is 2.83. The maximum absolute atomic E-state index is 12.9. The third-order valence-corrected chi connectivity index (χ3v) is 4.56. The summed E-state index contributed by atoms with van der Waals surface area (Å²) < 4.78 is 5.62.